The molecule has 0 aromatic carbocycles. The Balaban J connectivity index is 0.000000771. The number of hydrogen-bond donors (Lipinski definition) is 0. The summed E-state index contributed by atoms with van der Waals surface area (Å²) in [5.41, 5.74) is 2.90. The second kappa shape index (κ2) is 6.89. The fourth-order valence-corrected chi connectivity index (χ4v) is 2.64. The summed E-state index contributed by atoms with van der Waals surface area (Å²) in [6, 6.07) is 3.47. The van der Waals surface area contributed by atoms with Crippen molar-refractivity contribution in [1.29, 1.82) is 0 Å². The Hall–Kier alpha value is -0.890. The van der Waals surface area contributed by atoms with Crippen LogP contribution in [0.15, 0.2) is 18.5 Å². The molecule has 0 fully saturated rings. The first-order chi connectivity index (χ1) is 8.59. The van der Waals surface area contributed by atoms with Crippen LogP contribution in [0.1, 0.15) is 52.7 Å². The number of nitrogens with zero attached hydrogens (tertiary/aromatic N) is 2. The fraction of sp³-hybridized carbons (Fsp3) is 0.688. The lowest BCUT2D eigenvalue weighted by molar-refractivity contribution is 0.0970. The second-order valence-electron chi connectivity index (χ2n) is 5.43. The molecule has 0 saturated heterocycles. The summed E-state index contributed by atoms with van der Waals surface area (Å²) in [4.78, 5) is 6.84. The summed E-state index contributed by atoms with van der Waals surface area (Å²) in [5, 5.41) is 0. The van der Waals surface area contributed by atoms with E-state index < -0.39 is 0 Å². The number of rotatable bonds is 2. The van der Waals surface area contributed by atoms with Gasteiger partial charge in [0, 0.05) is 31.0 Å². The van der Waals surface area contributed by atoms with Gasteiger partial charge in [-0.1, -0.05) is 27.7 Å². The van der Waals surface area contributed by atoms with Crippen LogP contribution in [-0.2, 0) is 13.0 Å². The molecule has 1 aliphatic heterocycles. The van der Waals surface area contributed by atoms with Gasteiger partial charge in [0.05, 0.1) is 0 Å². The Bertz CT molecular complexity index is 323. The van der Waals surface area contributed by atoms with Gasteiger partial charge in [0.1, 0.15) is 0 Å². The van der Waals surface area contributed by atoms with Crippen LogP contribution in [0.4, 0.5) is 0 Å². The summed E-state index contributed by atoms with van der Waals surface area (Å²) in [7, 11) is 0. The van der Waals surface area contributed by atoms with E-state index in [4.69, 9.17) is 0 Å². The first kappa shape index (κ1) is 15.2. The molecule has 1 aromatic rings. The number of fused-ring (bicyclic) bond motifs is 1. The highest BCUT2D eigenvalue weighted by Crippen LogP contribution is 2.28. The number of pyridine rings is 1. The molecule has 0 radical (unpaired) electrons. The fourth-order valence-electron chi connectivity index (χ4n) is 2.64. The molecule has 2 heteroatoms. The zero-order valence-corrected chi connectivity index (χ0v) is 12.8. The minimum atomic E-state index is 0.612. The van der Waals surface area contributed by atoms with E-state index in [0.29, 0.717) is 18.0 Å². The molecule has 1 aliphatic rings. The number of aromatic nitrogens is 1. The van der Waals surface area contributed by atoms with Crippen molar-refractivity contribution in [2.45, 2.75) is 66.6 Å². The van der Waals surface area contributed by atoms with Crippen LogP contribution in [-0.4, -0.2) is 22.0 Å². The van der Waals surface area contributed by atoms with E-state index in [1.54, 1.807) is 0 Å². The highest BCUT2D eigenvalue weighted by atomic mass is 15.2. The quantitative estimate of drug-likeness (QED) is 0.789. The van der Waals surface area contributed by atoms with E-state index in [0.717, 1.165) is 6.54 Å². The molecule has 2 nitrogen and oxygen atoms in total. The van der Waals surface area contributed by atoms with Crippen LogP contribution in [0.5, 0.6) is 0 Å². The maximum absolute atomic E-state index is 4.24. The highest BCUT2D eigenvalue weighted by Gasteiger charge is 2.29. The van der Waals surface area contributed by atoms with E-state index in [1.165, 1.54) is 17.5 Å². The lowest BCUT2D eigenvalue weighted by Gasteiger charge is -2.41. The Morgan fingerprint density at radius 3 is 2.39 bits per heavy atom. The van der Waals surface area contributed by atoms with Crippen molar-refractivity contribution in [2.24, 2.45) is 5.92 Å². The Labute approximate surface area is 112 Å². The van der Waals surface area contributed by atoms with Gasteiger partial charge in [-0.05, 0) is 43.4 Å². The molecule has 2 rings (SSSR count). The maximum atomic E-state index is 4.24. The third-order valence-electron chi connectivity index (χ3n) is 3.65. The van der Waals surface area contributed by atoms with Crippen molar-refractivity contribution in [2.75, 3.05) is 0 Å². The first-order valence-corrected chi connectivity index (χ1v) is 7.27. The van der Waals surface area contributed by atoms with E-state index in [2.05, 4.69) is 43.6 Å². The smallest absolute Gasteiger partial charge is 0.0315 e. The molecule has 18 heavy (non-hydrogen) atoms. The van der Waals surface area contributed by atoms with Crippen molar-refractivity contribution in [3.63, 3.8) is 0 Å². The summed E-state index contributed by atoms with van der Waals surface area (Å²) >= 11 is 0. The van der Waals surface area contributed by atoms with E-state index in [9.17, 15) is 0 Å². The Morgan fingerprint density at radius 1 is 1.17 bits per heavy atom. The van der Waals surface area contributed by atoms with Gasteiger partial charge in [-0.25, -0.2) is 0 Å². The van der Waals surface area contributed by atoms with Gasteiger partial charge in [-0.3, -0.25) is 9.88 Å². The van der Waals surface area contributed by atoms with Crippen LogP contribution < -0.4 is 0 Å². The molecule has 0 N–H and O–H groups in total. The molecular formula is C16H28N2. The molecule has 1 aromatic heterocycles. The topological polar surface area (TPSA) is 16.1 Å². The van der Waals surface area contributed by atoms with E-state index in [-0.39, 0.29) is 0 Å². The summed E-state index contributed by atoms with van der Waals surface area (Å²) in [6.45, 7) is 14.3. The summed E-state index contributed by atoms with van der Waals surface area (Å²) < 4.78 is 0. The Kier molecular flexibility index (Phi) is 5.80. The average Bonchev–Trinajstić information content (AvgIpc) is 2.39. The largest absolute Gasteiger partial charge is 0.293 e. The van der Waals surface area contributed by atoms with Gasteiger partial charge >= 0.3 is 0 Å². The van der Waals surface area contributed by atoms with E-state index in [1.807, 2.05) is 26.2 Å². The van der Waals surface area contributed by atoms with Crippen molar-refractivity contribution in [3.05, 3.63) is 29.6 Å². The van der Waals surface area contributed by atoms with Gasteiger partial charge in [0.15, 0.2) is 0 Å². The van der Waals surface area contributed by atoms with Gasteiger partial charge in [0.2, 0.25) is 0 Å². The molecule has 0 saturated carbocycles. The minimum absolute atomic E-state index is 0.612. The molecule has 102 valence electrons. The molecule has 1 unspecified atom stereocenters. The van der Waals surface area contributed by atoms with Crippen LogP contribution in [0.3, 0.4) is 0 Å². The zero-order chi connectivity index (χ0) is 13.7. The molecule has 0 spiro atoms. The van der Waals surface area contributed by atoms with Gasteiger partial charge in [-0.15, -0.1) is 0 Å². The monoisotopic (exact) mass is 248 g/mol. The molecule has 1 atom stereocenters. The second-order valence-corrected chi connectivity index (χ2v) is 5.43. The average molecular weight is 248 g/mol. The van der Waals surface area contributed by atoms with Crippen LogP contribution in [0.2, 0.25) is 0 Å². The SMILES string of the molecule is CC.CC(C)C1Cc2ccncc2CN1C(C)C. The van der Waals surface area contributed by atoms with Crippen LogP contribution >= 0.6 is 0 Å². The third-order valence-corrected chi connectivity index (χ3v) is 3.65. The molecule has 0 bridgehead atoms. The van der Waals surface area contributed by atoms with E-state index >= 15 is 0 Å². The van der Waals surface area contributed by atoms with Crippen molar-refractivity contribution >= 4 is 0 Å². The van der Waals surface area contributed by atoms with Crippen LogP contribution in [0.25, 0.3) is 0 Å². The number of hydrogen-bond acceptors (Lipinski definition) is 2. The maximum Gasteiger partial charge on any atom is 0.0315 e. The summed E-state index contributed by atoms with van der Waals surface area (Å²) in [5.74, 6) is 0.712. The Morgan fingerprint density at radius 2 is 1.83 bits per heavy atom. The first-order valence-electron chi connectivity index (χ1n) is 7.27. The molecule has 0 aliphatic carbocycles. The standard InChI is InChI=1S/C14H22N2.C2H6/c1-10(2)14-7-12-5-6-15-8-13(12)9-16(14)11(3)4;1-2/h5-6,8,10-11,14H,7,9H2,1-4H3;1-2H3. The summed E-state index contributed by atoms with van der Waals surface area (Å²) in [6.07, 6.45) is 5.12. The highest BCUT2D eigenvalue weighted by molar-refractivity contribution is 5.27. The van der Waals surface area contributed by atoms with Crippen molar-refractivity contribution < 1.29 is 0 Å². The molecular weight excluding hydrogens is 220 g/mol. The lowest BCUT2D eigenvalue weighted by Crippen LogP contribution is -2.47. The minimum Gasteiger partial charge on any atom is -0.293 e. The predicted molar refractivity (Wildman–Crippen MR) is 78.6 cm³/mol. The normalized spacial score (nSPS) is 19.4. The van der Waals surface area contributed by atoms with Gasteiger partial charge < -0.3 is 0 Å². The predicted octanol–water partition coefficient (Wildman–Crippen LogP) is 3.90. The van der Waals surface area contributed by atoms with Crippen molar-refractivity contribution in [1.82, 2.24) is 9.88 Å². The van der Waals surface area contributed by atoms with Gasteiger partial charge in [-0.2, -0.15) is 0 Å². The van der Waals surface area contributed by atoms with Crippen LogP contribution in [0, 0.1) is 5.92 Å². The zero-order valence-electron chi connectivity index (χ0n) is 12.8. The molecule has 0 amide bonds. The van der Waals surface area contributed by atoms with Gasteiger partial charge in [0.25, 0.3) is 0 Å². The third kappa shape index (κ3) is 3.32. The molecule has 2 heterocycles. The lowest BCUT2D eigenvalue weighted by atomic mass is 9.88. The van der Waals surface area contributed by atoms with Crippen molar-refractivity contribution in [3.8, 4) is 0 Å².